The minimum Gasteiger partial charge on any atom is -0.493 e. The third kappa shape index (κ3) is 6.30. The fourth-order valence-corrected chi connectivity index (χ4v) is 4.94. The van der Waals surface area contributed by atoms with E-state index in [2.05, 4.69) is 20.6 Å². The second kappa shape index (κ2) is 11.7. The summed E-state index contributed by atoms with van der Waals surface area (Å²) in [6, 6.07) is 13.8. The zero-order chi connectivity index (χ0) is 25.7. The number of carbonyl (C=O) groups excluding carboxylic acids is 2. The normalized spacial score (nSPS) is 18.2. The summed E-state index contributed by atoms with van der Waals surface area (Å²) in [5.74, 6) is 1.76. The van der Waals surface area contributed by atoms with Gasteiger partial charge < -0.3 is 25.0 Å². The highest BCUT2D eigenvalue weighted by molar-refractivity contribution is 8.14. The zero-order valence-electron chi connectivity index (χ0n) is 21.1. The molecule has 0 radical (unpaired) electrons. The van der Waals surface area contributed by atoms with Gasteiger partial charge in [-0.15, -0.1) is 0 Å². The van der Waals surface area contributed by atoms with Crippen molar-refractivity contribution in [3.63, 3.8) is 0 Å². The van der Waals surface area contributed by atoms with Crippen LogP contribution in [0.3, 0.4) is 0 Å². The summed E-state index contributed by atoms with van der Waals surface area (Å²) < 4.78 is 11.3. The van der Waals surface area contributed by atoms with E-state index in [9.17, 15) is 9.59 Å². The SMILES string of the molecule is COc1ccc(C2=NN(Cc3ccc(N4CCNCC4NC(C)=O)cc3)C(=O)SC2)cc1OC(C)C. The molecule has 1 fully saturated rings. The summed E-state index contributed by atoms with van der Waals surface area (Å²) in [5.41, 5.74) is 3.71. The van der Waals surface area contributed by atoms with E-state index in [1.165, 1.54) is 23.7 Å². The van der Waals surface area contributed by atoms with Crippen LogP contribution in [-0.2, 0) is 11.3 Å². The highest BCUT2D eigenvalue weighted by Crippen LogP contribution is 2.31. The Balaban J connectivity index is 1.50. The number of thioether (sulfide) groups is 1. The number of benzene rings is 2. The van der Waals surface area contributed by atoms with Crippen molar-refractivity contribution >= 4 is 34.3 Å². The number of nitrogens with one attached hydrogen (secondary N) is 2. The lowest BCUT2D eigenvalue weighted by Crippen LogP contribution is -2.59. The molecule has 1 saturated heterocycles. The molecular formula is C26H33N5O4S. The molecule has 36 heavy (non-hydrogen) atoms. The molecule has 2 aliphatic heterocycles. The maximum absolute atomic E-state index is 12.6. The number of methoxy groups -OCH3 is 1. The summed E-state index contributed by atoms with van der Waals surface area (Å²) in [6.45, 7) is 8.17. The van der Waals surface area contributed by atoms with E-state index in [1.807, 2.05) is 56.3 Å². The molecule has 9 nitrogen and oxygen atoms in total. The Labute approximate surface area is 216 Å². The van der Waals surface area contributed by atoms with Gasteiger partial charge in [0.05, 0.1) is 25.5 Å². The Bertz CT molecular complexity index is 1120. The molecule has 2 aromatic carbocycles. The Morgan fingerprint density at radius 3 is 2.69 bits per heavy atom. The van der Waals surface area contributed by atoms with Crippen molar-refractivity contribution in [2.24, 2.45) is 5.10 Å². The summed E-state index contributed by atoms with van der Waals surface area (Å²) in [4.78, 5) is 26.4. The first-order valence-corrected chi connectivity index (χ1v) is 13.0. The Morgan fingerprint density at radius 2 is 2.00 bits per heavy atom. The maximum atomic E-state index is 12.6. The van der Waals surface area contributed by atoms with Gasteiger partial charge in [-0.2, -0.15) is 5.10 Å². The molecule has 0 spiro atoms. The monoisotopic (exact) mass is 511 g/mol. The van der Waals surface area contributed by atoms with Crippen LogP contribution in [0.15, 0.2) is 47.6 Å². The van der Waals surface area contributed by atoms with Crippen LogP contribution in [0.2, 0.25) is 0 Å². The number of amides is 2. The van der Waals surface area contributed by atoms with Gasteiger partial charge in [0.1, 0.15) is 6.17 Å². The molecule has 2 aromatic rings. The van der Waals surface area contributed by atoms with Gasteiger partial charge in [0.15, 0.2) is 11.5 Å². The van der Waals surface area contributed by atoms with Crippen molar-refractivity contribution < 1.29 is 19.1 Å². The Hall–Kier alpha value is -3.24. The van der Waals surface area contributed by atoms with Crippen molar-refractivity contribution in [1.29, 1.82) is 0 Å². The van der Waals surface area contributed by atoms with Crippen molar-refractivity contribution in [2.45, 2.75) is 39.6 Å². The lowest BCUT2D eigenvalue weighted by Gasteiger charge is -2.38. The number of carbonyl (C=O) groups is 2. The molecule has 2 aliphatic rings. The molecule has 4 rings (SSSR count). The van der Waals surface area contributed by atoms with Gasteiger partial charge in [-0.3, -0.25) is 9.59 Å². The van der Waals surface area contributed by atoms with E-state index in [1.54, 1.807) is 7.11 Å². The number of piperazine rings is 1. The van der Waals surface area contributed by atoms with Gasteiger partial charge in [0.2, 0.25) is 5.91 Å². The van der Waals surface area contributed by atoms with Gasteiger partial charge in [-0.1, -0.05) is 23.9 Å². The van der Waals surface area contributed by atoms with Gasteiger partial charge in [0.25, 0.3) is 0 Å². The van der Waals surface area contributed by atoms with Gasteiger partial charge >= 0.3 is 5.24 Å². The first-order valence-electron chi connectivity index (χ1n) is 12.0. The van der Waals surface area contributed by atoms with Crippen LogP contribution in [0.4, 0.5) is 10.5 Å². The molecule has 2 heterocycles. The first-order chi connectivity index (χ1) is 17.3. The summed E-state index contributed by atoms with van der Waals surface area (Å²) >= 11 is 1.24. The quantitative estimate of drug-likeness (QED) is 0.561. The maximum Gasteiger partial charge on any atom is 0.302 e. The van der Waals surface area contributed by atoms with E-state index in [-0.39, 0.29) is 23.4 Å². The Morgan fingerprint density at radius 1 is 1.22 bits per heavy atom. The Kier molecular flexibility index (Phi) is 8.37. The molecule has 2 amide bonds. The van der Waals surface area contributed by atoms with Crippen LogP contribution in [0, 0.1) is 0 Å². The van der Waals surface area contributed by atoms with Gasteiger partial charge in [-0.25, -0.2) is 5.01 Å². The number of ether oxygens (including phenoxy) is 2. The average molecular weight is 512 g/mol. The second-order valence-electron chi connectivity index (χ2n) is 8.97. The summed E-state index contributed by atoms with van der Waals surface area (Å²) in [6.07, 6.45) is -0.0871. The van der Waals surface area contributed by atoms with Crippen molar-refractivity contribution in [1.82, 2.24) is 15.6 Å². The lowest BCUT2D eigenvalue weighted by molar-refractivity contribution is -0.119. The van der Waals surface area contributed by atoms with E-state index < -0.39 is 0 Å². The summed E-state index contributed by atoms with van der Waals surface area (Å²) in [5, 5.41) is 12.4. The largest absolute Gasteiger partial charge is 0.493 e. The highest BCUT2D eigenvalue weighted by atomic mass is 32.2. The third-order valence-corrected chi connectivity index (χ3v) is 6.73. The second-order valence-corrected chi connectivity index (χ2v) is 9.90. The number of hydrogen-bond donors (Lipinski definition) is 2. The minimum absolute atomic E-state index is 0.00703. The van der Waals surface area contributed by atoms with Crippen molar-refractivity contribution in [3.8, 4) is 11.5 Å². The molecule has 2 N–H and O–H groups in total. The molecule has 0 saturated carbocycles. The highest BCUT2D eigenvalue weighted by Gasteiger charge is 2.25. The first kappa shape index (κ1) is 25.8. The van der Waals surface area contributed by atoms with Gasteiger partial charge in [-0.05, 0) is 49.7 Å². The van der Waals surface area contributed by atoms with Crippen molar-refractivity contribution in [2.75, 3.05) is 37.4 Å². The summed E-state index contributed by atoms with van der Waals surface area (Å²) in [7, 11) is 1.62. The van der Waals surface area contributed by atoms with E-state index >= 15 is 0 Å². The lowest BCUT2D eigenvalue weighted by atomic mass is 10.1. The molecule has 0 aromatic heterocycles. The van der Waals surface area contributed by atoms with Crippen LogP contribution >= 0.6 is 11.8 Å². The van der Waals surface area contributed by atoms with E-state index in [0.717, 1.165) is 35.6 Å². The fraction of sp³-hybridized carbons (Fsp3) is 0.423. The molecule has 0 aliphatic carbocycles. The number of rotatable bonds is 8. The standard InChI is InChI=1S/C26H33N5O4S/c1-17(2)35-24-13-20(7-10-23(24)34-4)22-16-36-26(33)31(29-22)15-19-5-8-21(9-6-19)30-12-11-27-14-25(30)28-18(3)32/h5-10,13,17,25,27H,11-12,14-16H2,1-4H3,(H,28,32). The number of nitrogens with zero attached hydrogens (tertiary/aromatic N) is 3. The van der Waals surface area contributed by atoms with Crippen LogP contribution in [0.25, 0.3) is 0 Å². The van der Waals surface area contributed by atoms with E-state index in [4.69, 9.17) is 9.47 Å². The van der Waals surface area contributed by atoms with Crippen LogP contribution in [-0.4, -0.2) is 66.6 Å². The van der Waals surface area contributed by atoms with Gasteiger partial charge in [0, 0.05) is 43.6 Å². The fourth-order valence-electron chi connectivity index (χ4n) is 4.21. The molecule has 192 valence electrons. The molecule has 0 bridgehead atoms. The molecule has 10 heteroatoms. The molecule has 1 unspecified atom stereocenters. The van der Waals surface area contributed by atoms with E-state index in [0.29, 0.717) is 30.3 Å². The van der Waals surface area contributed by atoms with Crippen molar-refractivity contribution in [3.05, 3.63) is 53.6 Å². The number of hydrogen-bond acceptors (Lipinski definition) is 8. The topological polar surface area (TPSA) is 95.5 Å². The number of hydrazone groups is 1. The molecular weight excluding hydrogens is 478 g/mol. The average Bonchev–Trinajstić information content (AvgIpc) is 2.85. The zero-order valence-corrected chi connectivity index (χ0v) is 21.9. The minimum atomic E-state index is -0.0941. The van der Waals surface area contributed by atoms with Crippen LogP contribution < -0.4 is 25.0 Å². The predicted molar refractivity (Wildman–Crippen MR) is 143 cm³/mol. The smallest absolute Gasteiger partial charge is 0.302 e. The third-order valence-electron chi connectivity index (χ3n) is 5.86. The van der Waals surface area contributed by atoms with Crippen LogP contribution in [0.1, 0.15) is 31.9 Å². The molecule has 1 atom stereocenters. The predicted octanol–water partition coefficient (Wildman–Crippen LogP) is 3.43. The van der Waals surface area contributed by atoms with Crippen LogP contribution in [0.5, 0.6) is 11.5 Å². The number of anilines is 1.